The first kappa shape index (κ1) is 17.1. The van der Waals surface area contributed by atoms with E-state index in [1.807, 2.05) is 35.2 Å². The Labute approximate surface area is 137 Å². The zero-order valence-electron chi connectivity index (χ0n) is 13.6. The minimum atomic E-state index is -0.636. The Morgan fingerprint density at radius 2 is 1.87 bits per heavy atom. The first-order valence-corrected chi connectivity index (χ1v) is 8.11. The molecule has 126 valence electrons. The van der Waals surface area contributed by atoms with Crippen molar-refractivity contribution in [3.63, 3.8) is 0 Å². The Kier molecular flexibility index (Phi) is 6.72. The second-order valence-electron chi connectivity index (χ2n) is 5.67. The number of amidine groups is 1. The normalized spacial score (nSPS) is 17.3. The summed E-state index contributed by atoms with van der Waals surface area (Å²) >= 11 is 0. The Morgan fingerprint density at radius 1 is 1.22 bits per heavy atom. The van der Waals surface area contributed by atoms with Crippen molar-refractivity contribution in [1.29, 1.82) is 0 Å². The van der Waals surface area contributed by atoms with Gasteiger partial charge in [-0.05, 0) is 31.9 Å². The Morgan fingerprint density at radius 3 is 2.52 bits per heavy atom. The van der Waals surface area contributed by atoms with Crippen LogP contribution in [0, 0.1) is 0 Å². The van der Waals surface area contributed by atoms with Gasteiger partial charge >= 0.3 is 0 Å². The molecule has 0 aromatic heterocycles. The second-order valence-corrected chi connectivity index (χ2v) is 5.67. The first-order chi connectivity index (χ1) is 11.2. The van der Waals surface area contributed by atoms with Gasteiger partial charge in [0, 0.05) is 13.1 Å². The van der Waals surface area contributed by atoms with Crippen LogP contribution in [0.4, 0.5) is 0 Å². The van der Waals surface area contributed by atoms with Gasteiger partial charge in [-0.1, -0.05) is 36.2 Å². The van der Waals surface area contributed by atoms with Crippen LogP contribution in [0.25, 0.3) is 0 Å². The Bertz CT molecular complexity index is 511. The largest absolute Gasteiger partial charge is 0.486 e. The predicted molar refractivity (Wildman–Crippen MR) is 89.2 cm³/mol. The molecule has 1 unspecified atom stereocenters. The molecule has 1 atom stereocenters. The van der Waals surface area contributed by atoms with E-state index in [0.717, 1.165) is 25.9 Å². The number of hydrogen-bond donors (Lipinski definition) is 1. The molecule has 23 heavy (non-hydrogen) atoms. The van der Waals surface area contributed by atoms with Crippen molar-refractivity contribution in [2.75, 3.05) is 19.7 Å². The van der Waals surface area contributed by atoms with E-state index in [-0.39, 0.29) is 18.3 Å². The fourth-order valence-corrected chi connectivity index (χ4v) is 2.44. The number of nitrogens with two attached hydrogens (primary N) is 1. The molecule has 1 aliphatic heterocycles. The third kappa shape index (κ3) is 5.81. The highest BCUT2D eigenvalue weighted by atomic mass is 16.6. The van der Waals surface area contributed by atoms with E-state index in [0.29, 0.717) is 5.75 Å². The highest BCUT2D eigenvalue weighted by Gasteiger charge is 2.22. The van der Waals surface area contributed by atoms with Crippen molar-refractivity contribution in [2.45, 2.75) is 38.7 Å². The summed E-state index contributed by atoms with van der Waals surface area (Å²) in [5.74, 6) is 0.871. The van der Waals surface area contributed by atoms with Gasteiger partial charge in [0.05, 0.1) is 0 Å². The predicted octanol–water partition coefficient (Wildman–Crippen LogP) is 2.15. The van der Waals surface area contributed by atoms with Crippen molar-refractivity contribution in [2.24, 2.45) is 10.9 Å². The van der Waals surface area contributed by atoms with Gasteiger partial charge in [0.15, 0.2) is 5.84 Å². The summed E-state index contributed by atoms with van der Waals surface area (Å²) in [6.07, 6.45) is 3.83. The lowest BCUT2D eigenvalue weighted by Gasteiger charge is -2.22. The van der Waals surface area contributed by atoms with Gasteiger partial charge < -0.3 is 20.2 Å². The number of benzene rings is 1. The van der Waals surface area contributed by atoms with E-state index in [1.54, 1.807) is 6.92 Å². The number of amides is 1. The van der Waals surface area contributed by atoms with Gasteiger partial charge in [0.2, 0.25) is 6.10 Å². The van der Waals surface area contributed by atoms with Crippen molar-refractivity contribution in [3.05, 3.63) is 30.3 Å². The van der Waals surface area contributed by atoms with Crippen LogP contribution >= 0.6 is 0 Å². The number of hydrogen-bond acceptors (Lipinski definition) is 4. The minimum Gasteiger partial charge on any atom is -0.486 e. The summed E-state index contributed by atoms with van der Waals surface area (Å²) in [6, 6.07) is 9.32. The summed E-state index contributed by atoms with van der Waals surface area (Å²) < 4.78 is 5.46. The van der Waals surface area contributed by atoms with Gasteiger partial charge in [0.1, 0.15) is 12.4 Å². The van der Waals surface area contributed by atoms with Crippen molar-refractivity contribution < 1.29 is 14.4 Å². The standard InChI is InChI=1S/C17H25N3O3/c1-14(17(21)20-11-7-2-3-8-12-20)23-19-16(18)13-22-15-9-5-4-6-10-15/h4-6,9-10,14H,2-3,7-8,11-13H2,1H3,(H2,18,19). The molecular formula is C17H25N3O3. The average molecular weight is 319 g/mol. The lowest BCUT2D eigenvalue weighted by Crippen LogP contribution is -2.39. The van der Waals surface area contributed by atoms with Gasteiger partial charge in [-0.2, -0.15) is 0 Å². The third-order valence-corrected chi connectivity index (χ3v) is 3.72. The summed E-state index contributed by atoms with van der Waals surface area (Å²) in [5.41, 5.74) is 5.75. The maximum atomic E-state index is 12.3. The number of nitrogens with zero attached hydrogens (tertiary/aromatic N) is 2. The van der Waals surface area contributed by atoms with E-state index in [4.69, 9.17) is 15.3 Å². The Balaban J connectivity index is 1.77. The van der Waals surface area contributed by atoms with Crippen LogP contribution in [-0.2, 0) is 9.63 Å². The highest BCUT2D eigenvalue weighted by molar-refractivity contribution is 5.82. The molecule has 1 heterocycles. The number of carbonyl (C=O) groups excluding carboxylic acids is 1. The van der Waals surface area contributed by atoms with Crippen molar-refractivity contribution in [1.82, 2.24) is 4.90 Å². The van der Waals surface area contributed by atoms with Crippen LogP contribution in [-0.4, -0.2) is 42.4 Å². The van der Waals surface area contributed by atoms with Crippen LogP contribution in [0.5, 0.6) is 5.75 Å². The van der Waals surface area contributed by atoms with Crippen LogP contribution in [0.1, 0.15) is 32.6 Å². The molecular weight excluding hydrogens is 294 g/mol. The maximum Gasteiger partial charge on any atom is 0.266 e. The SMILES string of the molecule is CC(ON=C(N)COc1ccccc1)C(=O)N1CCCCCC1. The van der Waals surface area contributed by atoms with E-state index in [2.05, 4.69) is 5.16 Å². The summed E-state index contributed by atoms with van der Waals surface area (Å²) in [4.78, 5) is 19.4. The fraction of sp³-hybridized carbons (Fsp3) is 0.529. The quantitative estimate of drug-likeness (QED) is 0.495. The molecule has 0 saturated carbocycles. The topological polar surface area (TPSA) is 77.1 Å². The first-order valence-electron chi connectivity index (χ1n) is 8.11. The summed E-state index contributed by atoms with van der Waals surface area (Å²) in [7, 11) is 0. The molecule has 0 aliphatic carbocycles. The number of ether oxygens (including phenoxy) is 1. The molecule has 0 radical (unpaired) electrons. The molecule has 0 spiro atoms. The number of oxime groups is 1. The summed E-state index contributed by atoms with van der Waals surface area (Å²) in [5, 5.41) is 3.80. The van der Waals surface area contributed by atoms with Crippen LogP contribution in [0.3, 0.4) is 0 Å². The molecule has 1 aromatic rings. The maximum absolute atomic E-state index is 12.3. The van der Waals surface area contributed by atoms with E-state index >= 15 is 0 Å². The molecule has 1 saturated heterocycles. The minimum absolute atomic E-state index is 0.0348. The molecule has 2 N–H and O–H groups in total. The monoisotopic (exact) mass is 319 g/mol. The molecule has 1 aromatic carbocycles. The van der Waals surface area contributed by atoms with Crippen LogP contribution < -0.4 is 10.5 Å². The van der Waals surface area contributed by atoms with Gasteiger partial charge in [-0.3, -0.25) is 4.79 Å². The summed E-state index contributed by atoms with van der Waals surface area (Å²) in [6.45, 7) is 3.41. The Hall–Kier alpha value is -2.24. The van der Waals surface area contributed by atoms with Crippen LogP contribution in [0.2, 0.25) is 0 Å². The average Bonchev–Trinajstić information content (AvgIpc) is 2.87. The number of para-hydroxylation sites is 1. The second kappa shape index (κ2) is 9.02. The number of carbonyl (C=O) groups is 1. The molecule has 2 rings (SSSR count). The van der Waals surface area contributed by atoms with Crippen LogP contribution in [0.15, 0.2) is 35.5 Å². The number of likely N-dealkylation sites (tertiary alicyclic amines) is 1. The lowest BCUT2D eigenvalue weighted by molar-refractivity contribution is -0.142. The lowest BCUT2D eigenvalue weighted by atomic mass is 10.2. The van der Waals surface area contributed by atoms with Gasteiger partial charge in [-0.25, -0.2) is 0 Å². The van der Waals surface area contributed by atoms with E-state index in [9.17, 15) is 4.79 Å². The molecule has 1 aliphatic rings. The molecule has 6 nitrogen and oxygen atoms in total. The van der Waals surface area contributed by atoms with Crippen molar-refractivity contribution >= 4 is 11.7 Å². The molecule has 1 fully saturated rings. The smallest absolute Gasteiger partial charge is 0.266 e. The van der Waals surface area contributed by atoms with Crippen molar-refractivity contribution in [3.8, 4) is 5.75 Å². The zero-order valence-corrected chi connectivity index (χ0v) is 13.6. The van der Waals surface area contributed by atoms with Gasteiger partial charge in [-0.15, -0.1) is 0 Å². The van der Waals surface area contributed by atoms with E-state index < -0.39 is 6.10 Å². The molecule has 0 bridgehead atoms. The number of rotatable bonds is 6. The molecule has 1 amide bonds. The zero-order chi connectivity index (χ0) is 16.5. The van der Waals surface area contributed by atoms with E-state index in [1.165, 1.54) is 12.8 Å². The third-order valence-electron chi connectivity index (χ3n) is 3.72. The fourth-order valence-electron chi connectivity index (χ4n) is 2.44. The highest BCUT2D eigenvalue weighted by Crippen LogP contribution is 2.12. The molecule has 6 heteroatoms. The van der Waals surface area contributed by atoms with Gasteiger partial charge in [0.25, 0.3) is 5.91 Å².